The van der Waals surface area contributed by atoms with E-state index in [1.54, 1.807) is 7.11 Å². The lowest BCUT2D eigenvalue weighted by molar-refractivity contribution is -0.145. The van der Waals surface area contributed by atoms with Gasteiger partial charge in [-0.05, 0) is 31.3 Å². The number of carboxylic acids is 1. The van der Waals surface area contributed by atoms with Crippen molar-refractivity contribution in [2.45, 2.75) is 32.1 Å². The molecule has 2 unspecified atom stereocenters. The fourth-order valence-electron chi connectivity index (χ4n) is 3.12. The minimum Gasteiger partial charge on any atom is -0.481 e. The Labute approximate surface area is 119 Å². The fourth-order valence-corrected chi connectivity index (χ4v) is 3.12. The number of aliphatic carboxylic acids is 1. The summed E-state index contributed by atoms with van der Waals surface area (Å²) in [5.41, 5.74) is 1.24. The van der Waals surface area contributed by atoms with Gasteiger partial charge in [0, 0.05) is 26.1 Å². The number of carbonyl (C=O) groups excluding carboxylic acids is 1. The molecule has 0 aromatic heterocycles. The van der Waals surface area contributed by atoms with Crippen molar-refractivity contribution in [1.29, 1.82) is 0 Å². The summed E-state index contributed by atoms with van der Waals surface area (Å²) in [6.07, 6.45) is 5.78. The lowest BCUT2D eigenvalue weighted by Gasteiger charge is -2.33. The van der Waals surface area contributed by atoms with Crippen LogP contribution in [0.4, 0.5) is 0 Å². The molecule has 1 N–H and O–H groups in total. The molecule has 2 rings (SSSR count). The molecule has 0 aromatic carbocycles. The molecule has 0 saturated heterocycles. The molecule has 1 amide bonds. The summed E-state index contributed by atoms with van der Waals surface area (Å²) in [4.78, 5) is 25.4. The first-order valence-electron chi connectivity index (χ1n) is 7.30. The highest BCUT2D eigenvalue weighted by molar-refractivity contribution is 5.80. The van der Waals surface area contributed by atoms with Gasteiger partial charge >= 0.3 is 5.97 Å². The lowest BCUT2D eigenvalue weighted by Crippen LogP contribution is -2.41. The Bertz CT molecular complexity index is 405. The number of carboxylic acid groups (broad SMARTS) is 1. The molecule has 1 saturated carbocycles. The Hall–Kier alpha value is -1.36. The second kappa shape index (κ2) is 6.88. The molecule has 1 aliphatic carbocycles. The van der Waals surface area contributed by atoms with Crippen LogP contribution in [0.3, 0.4) is 0 Å². The topological polar surface area (TPSA) is 66.8 Å². The molecule has 1 fully saturated rings. The van der Waals surface area contributed by atoms with Crippen molar-refractivity contribution in [1.82, 2.24) is 4.90 Å². The highest BCUT2D eigenvalue weighted by Crippen LogP contribution is 2.31. The predicted octanol–water partition coefficient (Wildman–Crippen LogP) is 1.68. The molecule has 5 heteroatoms. The van der Waals surface area contributed by atoms with Crippen molar-refractivity contribution in [2.24, 2.45) is 11.8 Å². The van der Waals surface area contributed by atoms with Gasteiger partial charge in [-0.2, -0.15) is 0 Å². The maximum atomic E-state index is 12.5. The van der Waals surface area contributed by atoms with Crippen molar-refractivity contribution in [3.8, 4) is 0 Å². The van der Waals surface area contributed by atoms with Crippen LogP contribution >= 0.6 is 0 Å². The second-order valence-corrected chi connectivity index (χ2v) is 5.73. The summed E-state index contributed by atoms with van der Waals surface area (Å²) in [6, 6.07) is 0. The Morgan fingerprint density at radius 2 is 2.15 bits per heavy atom. The number of hydrogen-bond acceptors (Lipinski definition) is 3. The van der Waals surface area contributed by atoms with E-state index in [-0.39, 0.29) is 17.7 Å². The molecule has 0 radical (unpaired) electrons. The van der Waals surface area contributed by atoms with Crippen molar-refractivity contribution >= 4 is 11.9 Å². The van der Waals surface area contributed by atoms with E-state index >= 15 is 0 Å². The van der Waals surface area contributed by atoms with E-state index in [1.165, 1.54) is 5.57 Å². The molecule has 2 atom stereocenters. The Morgan fingerprint density at radius 1 is 1.40 bits per heavy atom. The lowest BCUT2D eigenvalue weighted by atomic mass is 9.80. The van der Waals surface area contributed by atoms with E-state index in [2.05, 4.69) is 6.08 Å². The van der Waals surface area contributed by atoms with Gasteiger partial charge in [-0.15, -0.1) is 0 Å². The number of methoxy groups -OCH3 is 1. The summed E-state index contributed by atoms with van der Waals surface area (Å²) >= 11 is 0. The van der Waals surface area contributed by atoms with Crippen LogP contribution in [0.2, 0.25) is 0 Å². The first kappa shape index (κ1) is 15.0. The number of carbonyl (C=O) groups is 2. The fraction of sp³-hybridized carbons (Fsp3) is 0.733. The van der Waals surface area contributed by atoms with Crippen LogP contribution in [-0.2, 0) is 14.3 Å². The van der Waals surface area contributed by atoms with Gasteiger partial charge in [0.1, 0.15) is 0 Å². The van der Waals surface area contributed by atoms with Crippen LogP contribution in [0.25, 0.3) is 0 Å². The molecule has 1 heterocycles. The van der Waals surface area contributed by atoms with E-state index < -0.39 is 5.97 Å². The SMILES string of the molecule is COCC1=CCN(C(=O)C2CCCC(C(=O)O)C2)CC1. The van der Waals surface area contributed by atoms with E-state index in [0.717, 1.165) is 25.8 Å². The summed E-state index contributed by atoms with van der Waals surface area (Å²) in [6.45, 7) is 1.99. The molecule has 5 nitrogen and oxygen atoms in total. The van der Waals surface area contributed by atoms with Gasteiger partial charge in [0.25, 0.3) is 0 Å². The van der Waals surface area contributed by atoms with Gasteiger partial charge in [-0.1, -0.05) is 12.5 Å². The molecular weight excluding hydrogens is 258 g/mol. The first-order valence-corrected chi connectivity index (χ1v) is 7.30. The molecule has 0 aromatic rings. The third kappa shape index (κ3) is 3.60. The second-order valence-electron chi connectivity index (χ2n) is 5.73. The predicted molar refractivity (Wildman–Crippen MR) is 74.2 cm³/mol. The minimum absolute atomic E-state index is 0.109. The summed E-state index contributed by atoms with van der Waals surface area (Å²) < 4.78 is 5.10. The maximum absolute atomic E-state index is 12.5. The van der Waals surface area contributed by atoms with Gasteiger partial charge in [-0.25, -0.2) is 0 Å². The largest absolute Gasteiger partial charge is 0.481 e. The van der Waals surface area contributed by atoms with Gasteiger partial charge in [0.15, 0.2) is 0 Å². The van der Waals surface area contributed by atoms with E-state index in [0.29, 0.717) is 26.0 Å². The van der Waals surface area contributed by atoms with Gasteiger partial charge in [-0.3, -0.25) is 9.59 Å². The molecule has 0 spiro atoms. The maximum Gasteiger partial charge on any atom is 0.306 e. The molecule has 0 bridgehead atoms. The van der Waals surface area contributed by atoms with Gasteiger partial charge in [0.2, 0.25) is 5.91 Å². The van der Waals surface area contributed by atoms with Crippen molar-refractivity contribution in [3.63, 3.8) is 0 Å². The number of rotatable bonds is 4. The zero-order chi connectivity index (χ0) is 14.5. The zero-order valence-corrected chi connectivity index (χ0v) is 12.0. The smallest absolute Gasteiger partial charge is 0.306 e. The average molecular weight is 281 g/mol. The first-order chi connectivity index (χ1) is 9.61. The van der Waals surface area contributed by atoms with Gasteiger partial charge in [0.05, 0.1) is 12.5 Å². The van der Waals surface area contributed by atoms with Crippen molar-refractivity contribution < 1.29 is 19.4 Å². The average Bonchev–Trinajstić information content (AvgIpc) is 2.48. The summed E-state index contributed by atoms with van der Waals surface area (Å²) in [5.74, 6) is -1.09. The third-order valence-electron chi connectivity index (χ3n) is 4.32. The monoisotopic (exact) mass is 281 g/mol. The van der Waals surface area contributed by atoms with Gasteiger partial charge < -0.3 is 14.7 Å². The molecule has 112 valence electrons. The number of amides is 1. The van der Waals surface area contributed by atoms with E-state index in [1.807, 2.05) is 4.90 Å². The number of ether oxygens (including phenoxy) is 1. The standard InChI is InChI=1S/C15H23NO4/c1-20-10-11-5-7-16(8-6-11)14(17)12-3-2-4-13(9-12)15(18)19/h5,12-13H,2-4,6-10H2,1H3,(H,18,19). The quantitative estimate of drug-likeness (QED) is 0.796. The Balaban J connectivity index is 1.90. The Kier molecular flexibility index (Phi) is 5.17. The van der Waals surface area contributed by atoms with Crippen LogP contribution in [-0.4, -0.2) is 48.7 Å². The third-order valence-corrected chi connectivity index (χ3v) is 4.32. The highest BCUT2D eigenvalue weighted by atomic mass is 16.5. The molecular formula is C15H23NO4. The van der Waals surface area contributed by atoms with E-state index in [4.69, 9.17) is 9.84 Å². The van der Waals surface area contributed by atoms with Crippen molar-refractivity contribution in [2.75, 3.05) is 26.8 Å². The minimum atomic E-state index is -0.761. The summed E-state index contributed by atoms with van der Waals surface area (Å²) in [5, 5.41) is 9.09. The highest BCUT2D eigenvalue weighted by Gasteiger charge is 2.33. The number of nitrogens with zero attached hydrogens (tertiary/aromatic N) is 1. The molecule has 20 heavy (non-hydrogen) atoms. The van der Waals surface area contributed by atoms with Crippen molar-refractivity contribution in [3.05, 3.63) is 11.6 Å². The molecule has 2 aliphatic rings. The molecule has 1 aliphatic heterocycles. The van der Waals surface area contributed by atoms with Crippen LogP contribution in [0, 0.1) is 11.8 Å². The zero-order valence-electron chi connectivity index (χ0n) is 12.0. The van der Waals surface area contributed by atoms with Crippen LogP contribution < -0.4 is 0 Å². The van der Waals surface area contributed by atoms with Crippen LogP contribution in [0.15, 0.2) is 11.6 Å². The Morgan fingerprint density at radius 3 is 2.75 bits per heavy atom. The van der Waals surface area contributed by atoms with E-state index in [9.17, 15) is 9.59 Å². The number of hydrogen-bond donors (Lipinski definition) is 1. The normalized spacial score (nSPS) is 27.1. The van der Waals surface area contributed by atoms with Crippen LogP contribution in [0.1, 0.15) is 32.1 Å². The summed E-state index contributed by atoms with van der Waals surface area (Å²) in [7, 11) is 1.67. The van der Waals surface area contributed by atoms with Crippen LogP contribution in [0.5, 0.6) is 0 Å².